The summed E-state index contributed by atoms with van der Waals surface area (Å²) in [7, 11) is 1.66. The molecule has 2 unspecified atom stereocenters. The number of nitrogens with zero attached hydrogens (tertiary/aromatic N) is 3. The number of aliphatic hydroxyl groups is 1. The van der Waals surface area contributed by atoms with E-state index in [2.05, 4.69) is 16.3 Å². The number of hydrogen-bond acceptors (Lipinski definition) is 6. The predicted molar refractivity (Wildman–Crippen MR) is 174 cm³/mol. The second kappa shape index (κ2) is 13.9. The zero-order chi connectivity index (χ0) is 31.3. The first kappa shape index (κ1) is 30.9. The van der Waals surface area contributed by atoms with Crippen molar-refractivity contribution in [1.82, 2.24) is 15.1 Å². The molecule has 3 fully saturated rings. The van der Waals surface area contributed by atoms with Crippen LogP contribution in [0.25, 0.3) is 10.8 Å². The number of methoxy groups -OCH3 is 1. The molecule has 2 aliphatic heterocycles. The van der Waals surface area contributed by atoms with E-state index in [0.717, 1.165) is 59.9 Å². The van der Waals surface area contributed by atoms with Crippen molar-refractivity contribution < 1.29 is 24.2 Å². The number of nitrogens with one attached hydrogen (secondary N) is 1. The van der Waals surface area contributed by atoms with Gasteiger partial charge in [0.2, 0.25) is 17.7 Å². The van der Waals surface area contributed by atoms with Gasteiger partial charge >= 0.3 is 0 Å². The summed E-state index contributed by atoms with van der Waals surface area (Å²) in [4.78, 5) is 47.1. The van der Waals surface area contributed by atoms with Gasteiger partial charge in [0.25, 0.3) is 0 Å². The van der Waals surface area contributed by atoms with E-state index in [1.54, 1.807) is 12.0 Å². The Labute approximate surface area is 265 Å². The topological polar surface area (TPSA) is 102 Å². The second-order valence-electron chi connectivity index (χ2n) is 12.7. The lowest BCUT2D eigenvalue weighted by Crippen LogP contribution is -2.58. The second-order valence-corrected chi connectivity index (χ2v) is 12.7. The first-order valence-corrected chi connectivity index (χ1v) is 16.3. The molecule has 9 heteroatoms. The molecule has 238 valence electrons. The number of piperazine rings is 1. The van der Waals surface area contributed by atoms with Crippen molar-refractivity contribution >= 4 is 34.2 Å². The molecule has 9 nitrogen and oxygen atoms in total. The van der Waals surface area contributed by atoms with Crippen LogP contribution in [0, 0.1) is 5.92 Å². The van der Waals surface area contributed by atoms with E-state index in [9.17, 15) is 19.5 Å². The number of carbonyl (C=O) groups excluding carboxylic acids is 3. The highest BCUT2D eigenvalue weighted by molar-refractivity contribution is 5.93. The van der Waals surface area contributed by atoms with Gasteiger partial charge in [-0.15, -0.1) is 0 Å². The van der Waals surface area contributed by atoms with E-state index >= 15 is 0 Å². The molecule has 45 heavy (non-hydrogen) atoms. The summed E-state index contributed by atoms with van der Waals surface area (Å²) in [6, 6.07) is 20.5. The van der Waals surface area contributed by atoms with Gasteiger partial charge < -0.3 is 29.9 Å². The lowest BCUT2D eigenvalue weighted by Gasteiger charge is -2.38. The van der Waals surface area contributed by atoms with Crippen molar-refractivity contribution in [2.75, 3.05) is 44.7 Å². The van der Waals surface area contributed by atoms with E-state index in [1.165, 1.54) is 0 Å². The van der Waals surface area contributed by atoms with Gasteiger partial charge in [-0.2, -0.15) is 0 Å². The minimum Gasteiger partial charge on any atom is -0.495 e. The highest BCUT2D eigenvalue weighted by Crippen LogP contribution is 2.30. The van der Waals surface area contributed by atoms with Gasteiger partial charge in [-0.25, -0.2) is 0 Å². The zero-order valence-electron chi connectivity index (χ0n) is 26.1. The van der Waals surface area contributed by atoms with Crippen LogP contribution in [0.1, 0.15) is 44.1 Å². The van der Waals surface area contributed by atoms with Crippen LogP contribution in [-0.4, -0.2) is 90.6 Å². The minimum atomic E-state index is -0.805. The molecule has 0 bridgehead atoms. The molecule has 1 saturated carbocycles. The van der Waals surface area contributed by atoms with Crippen LogP contribution in [0.2, 0.25) is 0 Å². The third-order valence-corrected chi connectivity index (χ3v) is 9.70. The number of para-hydroxylation sites is 2. The first-order valence-electron chi connectivity index (χ1n) is 16.3. The highest BCUT2D eigenvalue weighted by Gasteiger charge is 2.42. The summed E-state index contributed by atoms with van der Waals surface area (Å²) in [5.41, 5.74) is 1.94. The third-order valence-electron chi connectivity index (χ3n) is 9.70. The average Bonchev–Trinajstić information content (AvgIpc) is 3.49. The number of rotatable bonds is 8. The zero-order valence-corrected chi connectivity index (χ0v) is 26.1. The predicted octanol–water partition coefficient (Wildman–Crippen LogP) is 3.77. The van der Waals surface area contributed by atoms with Crippen molar-refractivity contribution in [1.29, 1.82) is 0 Å². The van der Waals surface area contributed by atoms with Gasteiger partial charge in [0.15, 0.2) is 0 Å². The molecule has 0 radical (unpaired) electrons. The Balaban J connectivity index is 1.20. The Morgan fingerprint density at radius 2 is 1.62 bits per heavy atom. The van der Waals surface area contributed by atoms with Crippen molar-refractivity contribution in [3.05, 3.63) is 72.3 Å². The quantitative estimate of drug-likeness (QED) is 0.402. The monoisotopic (exact) mass is 612 g/mol. The molecule has 1 aliphatic carbocycles. The number of benzene rings is 3. The van der Waals surface area contributed by atoms with Gasteiger partial charge in [0.05, 0.1) is 18.9 Å². The Kier molecular flexibility index (Phi) is 9.54. The fraction of sp³-hybridized carbons (Fsp3) is 0.472. The smallest absolute Gasteiger partial charge is 0.245 e. The van der Waals surface area contributed by atoms with E-state index in [1.807, 2.05) is 65.6 Å². The summed E-state index contributed by atoms with van der Waals surface area (Å²) in [5, 5.41) is 15.8. The minimum absolute atomic E-state index is 0.0451. The summed E-state index contributed by atoms with van der Waals surface area (Å²) in [6.45, 7) is 2.45. The van der Waals surface area contributed by atoms with Crippen molar-refractivity contribution in [2.45, 2.75) is 63.1 Å². The molecular weight excluding hydrogens is 568 g/mol. The van der Waals surface area contributed by atoms with E-state index in [4.69, 9.17) is 4.74 Å². The molecule has 3 atom stereocenters. The molecule has 3 amide bonds. The number of carbonyl (C=O) groups is 3. The highest BCUT2D eigenvalue weighted by atomic mass is 16.5. The van der Waals surface area contributed by atoms with Crippen molar-refractivity contribution in [3.63, 3.8) is 0 Å². The first-order chi connectivity index (χ1) is 21.9. The number of aliphatic hydroxyl groups excluding tert-OH is 1. The maximum atomic E-state index is 14.1. The fourth-order valence-corrected chi connectivity index (χ4v) is 7.24. The summed E-state index contributed by atoms with van der Waals surface area (Å²) in [5.74, 6) is 0.136. The summed E-state index contributed by atoms with van der Waals surface area (Å²) < 4.78 is 5.56. The van der Waals surface area contributed by atoms with Crippen LogP contribution < -0.4 is 15.0 Å². The van der Waals surface area contributed by atoms with E-state index in [-0.39, 0.29) is 36.6 Å². The number of ether oxygens (including phenoxy) is 1. The molecule has 2 N–H and O–H groups in total. The number of likely N-dealkylation sites (tertiary alicyclic amines) is 1. The number of β-amino-alcohol motifs (C(OH)–C–C–N with tert-alkyl or cyclic N) is 1. The normalized spacial score (nSPS) is 21.5. The lowest BCUT2D eigenvalue weighted by molar-refractivity contribution is -0.143. The lowest BCUT2D eigenvalue weighted by atomic mass is 9.88. The van der Waals surface area contributed by atoms with Gasteiger partial charge in [-0.05, 0) is 41.3 Å². The van der Waals surface area contributed by atoms with Crippen LogP contribution in [0.4, 0.5) is 5.69 Å². The molecule has 3 aliphatic rings. The van der Waals surface area contributed by atoms with Crippen LogP contribution in [0.5, 0.6) is 5.75 Å². The maximum absolute atomic E-state index is 14.1. The molecule has 0 aromatic heterocycles. The SMILES string of the molecule is COc1ccccc1N1CCN(C(=O)C(Cc2ccc3ccccc3c2)NC(=O)C2C[C@@H](O)CN2C(=O)C2CCCCC2)CC1. The Bertz CT molecular complexity index is 1510. The Morgan fingerprint density at radius 1 is 0.911 bits per heavy atom. The molecule has 0 spiro atoms. The molecule has 2 heterocycles. The largest absolute Gasteiger partial charge is 0.495 e. The third kappa shape index (κ3) is 6.93. The van der Waals surface area contributed by atoms with Crippen molar-refractivity contribution in [2.24, 2.45) is 5.92 Å². The molecule has 3 aromatic rings. The fourth-order valence-electron chi connectivity index (χ4n) is 7.24. The molecule has 2 saturated heterocycles. The summed E-state index contributed by atoms with van der Waals surface area (Å²) in [6.07, 6.45) is 4.54. The van der Waals surface area contributed by atoms with Crippen molar-refractivity contribution in [3.8, 4) is 5.75 Å². The van der Waals surface area contributed by atoms with Crippen LogP contribution in [0.15, 0.2) is 66.7 Å². The van der Waals surface area contributed by atoms with Gasteiger partial charge in [-0.3, -0.25) is 14.4 Å². The number of hydrogen-bond donors (Lipinski definition) is 2. The van der Waals surface area contributed by atoms with E-state index in [0.29, 0.717) is 32.6 Å². The van der Waals surface area contributed by atoms with Crippen LogP contribution in [-0.2, 0) is 20.8 Å². The standard InChI is InChI=1S/C36H44N4O5/c1-45-33-14-8-7-13-31(33)38-17-19-39(20-18-38)36(44)30(22-25-15-16-26-9-5-6-12-28(26)21-25)37-34(42)32-23-29(41)24-40(32)35(43)27-10-3-2-4-11-27/h5-9,12-16,21,27,29-30,32,41H,2-4,10-11,17-20,22-24H2,1H3,(H,37,42)/t29-,30?,32?/m1/s1. The average molecular weight is 613 g/mol. The molecule has 3 aromatic carbocycles. The molecular formula is C36H44N4O5. The van der Waals surface area contributed by atoms with E-state index < -0.39 is 18.2 Å². The Morgan fingerprint density at radius 3 is 2.38 bits per heavy atom. The van der Waals surface area contributed by atoms with Gasteiger partial charge in [0.1, 0.15) is 17.8 Å². The number of fused-ring (bicyclic) bond motifs is 1. The van der Waals surface area contributed by atoms with Gasteiger partial charge in [0, 0.05) is 51.5 Å². The maximum Gasteiger partial charge on any atom is 0.245 e. The van der Waals surface area contributed by atoms with Gasteiger partial charge in [-0.1, -0.05) is 73.9 Å². The molecule has 6 rings (SSSR count). The summed E-state index contributed by atoms with van der Waals surface area (Å²) >= 11 is 0. The Hall–Kier alpha value is -4.11. The van der Waals surface area contributed by atoms with Crippen LogP contribution in [0.3, 0.4) is 0 Å². The number of anilines is 1. The van der Waals surface area contributed by atoms with Crippen LogP contribution >= 0.6 is 0 Å². The number of amides is 3.